The summed E-state index contributed by atoms with van der Waals surface area (Å²) in [6.07, 6.45) is 5.16. The van der Waals surface area contributed by atoms with Gasteiger partial charge in [0.25, 0.3) is 11.5 Å². The number of benzene rings is 1. The lowest BCUT2D eigenvalue weighted by atomic mass is 10.1. The van der Waals surface area contributed by atoms with Crippen LogP contribution in [0.5, 0.6) is 0 Å². The monoisotopic (exact) mass is 336 g/mol. The van der Waals surface area contributed by atoms with Gasteiger partial charge >= 0.3 is 0 Å². The van der Waals surface area contributed by atoms with Crippen LogP contribution in [0, 0.1) is 6.92 Å². The van der Waals surface area contributed by atoms with E-state index in [4.69, 9.17) is 0 Å². The molecule has 0 spiro atoms. The van der Waals surface area contributed by atoms with Crippen molar-refractivity contribution < 1.29 is 4.79 Å². The van der Waals surface area contributed by atoms with Crippen LogP contribution in [0.1, 0.15) is 27.3 Å². The topological polar surface area (TPSA) is 68.9 Å². The Morgan fingerprint density at radius 1 is 1.20 bits per heavy atom. The highest BCUT2D eigenvalue weighted by atomic mass is 16.2. The highest BCUT2D eigenvalue weighted by molar-refractivity contribution is 5.93. The molecule has 0 atom stereocenters. The number of nitrogens with one attached hydrogen (secondary N) is 1. The van der Waals surface area contributed by atoms with E-state index < -0.39 is 5.91 Å². The molecule has 128 valence electrons. The Balaban J connectivity index is 1.77. The molecule has 0 saturated heterocycles. The average Bonchev–Trinajstić information content (AvgIpc) is 3.00. The van der Waals surface area contributed by atoms with Gasteiger partial charge in [0.2, 0.25) is 0 Å². The minimum Gasteiger partial charge on any atom is -0.345 e. The van der Waals surface area contributed by atoms with Crippen LogP contribution < -0.4 is 10.9 Å². The first-order valence-corrected chi connectivity index (χ1v) is 8.04. The van der Waals surface area contributed by atoms with E-state index in [1.165, 1.54) is 0 Å². The minimum atomic E-state index is -0.397. The molecule has 3 rings (SSSR count). The molecule has 25 heavy (non-hydrogen) atoms. The molecule has 0 saturated carbocycles. The van der Waals surface area contributed by atoms with Crippen molar-refractivity contribution in [3.63, 3.8) is 0 Å². The van der Waals surface area contributed by atoms with E-state index in [0.29, 0.717) is 6.54 Å². The SMILES string of the molecule is Cc1cccc(Cn2cccc(C(=O)NCc3nccn3C)c2=O)c1. The van der Waals surface area contributed by atoms with E-state index in [2.05, 4.69) is 10.3 Å². The number of amides is 1. The Hall–Kier alpha value is -3.15. The van der Waals surface area contributed by atoms with Gasteiger partial charge < -0.3 is 14.5 Å². The summed E-state index contributed by atoms with van der Waals surface area (Å²) in [5, 5.41) is 2.75. The molecule has 1 aromatic carbocycles. The zero-order valence-electron chi connectivity index (χ0n) is 14.3. The van der Waals surface area contributed by atoms with Crippen LogP contribution in [0.4, 0.5) is 0 Å². The van der Waals surface area contributed by atoms with Crippen molar-refractivity contribution in [3.05, 3.63) is 87.9 Å². The lowest BCUT2D eigenvalue weighted by Gasteiger charge is -2.09. The maximum atomic E-state index is 12.6. The summed E-state index contributed by atoms with van der Waals surface area (Å²) in [6.45, 7) is 2.71. The van der Waals surface area contributed by atoms with Crippen molar-refractivity contribution in [2.45, 2.75) is 20.0 Å². The van der Waals surface area contributed by atoms with E-state index in [1.54, 1.807) is 35.3 Å². The van der Waals surface area contributed by atoms with Crippen molar-refractivity contribution in [1.82, 2.24) is 19.4 Å². The summed E-state index contributed by atoms with van der Waals surface area (Å²) < 4.78 is 3.37. The lowest BCUT2D eigenvalue weighted by molar-refractivity contribution is 0.0947. The standard InChI is InChI=1S/C19H20N4O2/c1-14-5-3-6-15(11-14)13-23-9-4-7-16(19(23)25)18(24)21-12-17-20-8-10-22(17)2/h3-11H,12-13H2,1-2H3,(H,21,24). The molecule has 0 bridgehead atoms. The van der Waals surface area contributed by atoms with Crippen molar-refractivity contribution in [3.8, 4) is 0 Å². The summed E-state index contributed by atoms with van der Waals surface area (Å²) in [5.41, 5.74) is 1.98. The molecule has 0 aliphatic carbocycles. The van der Waals surface area contributed by atoms with Crippen LogP contribution in [0.3, 0.4) is 0 Å². The Labute approximate surface area is 145 Å². The molecule has 1 amide bonds. The Morgan fingerprint density at radius 2 is 2.04 bits per heavy atom. The Kier molecular flexibility index (Phi) is 4.79. The predicted octanol–water partition coefficient (Wildman–Crippen LogP) is 1.87. The predicted molar refractivity (Wildman–Crippen MR) is 95.4 cm³/mol. The second-order valence-corrected chi connectivity index (χ2v) is 5.98. The number of imidazole rings is 1. The molecule has 2 heterocycles. The summed E-state index contributed by atoms with van der Waals surface area (Å²) in [7, 11) is 1.85. The molecule has 6 heteroatoms. The Morgan fingerprint density at radius 3 is 2.76 bits per heavy atom. The van der Waals surface area contributed by atoms with Gasteiger partial charge in [-0.15, -0.1) is 0 Å². The molecule has 0 radical (unpaired) electrons. The summed E-state index contributed by atoms with van der Waals surface area (Å²) in [4.78, 5) is 29.1. The molecule has 3 aromatic rings. The smallest absolute Gasteiger partial charge is 0.263 e. The van der Waals surface area contributed by atoms with Crippen molar-refractivity contribution in [2.24, 2.45) is 7.05 Å². The zero-order chi connectivity index (χ0) is 17.8. The fourth-order valence-electron chi connectivity index (χ4n) is 2.66. The highest BCUT2D eigenvalue weighted by Crippen LogP contribution is 2.05. The molecule has 0 unspecified atom stereocenters. The summed E-state index contributed by atoms with van der Waals surface area (Å²) in [5.74, 6) is 0.330. The highest BCUT2D eigenvalue weighted by Gasteiger charge is 2.13. The van der Waals surface area contributed by atoms with Gasteiger partial charge in [-0.05, 0) is 24.6 Å². The van der Waals surface area contributed by atoms with Gasteiger partial charge in [-0.2, -0.15) is 0 Å². The number of carbonyl (C=O) groups excluding carboxylic acids is 1. The van der Waals surface area contributed by atoms with Crippen LogP contribution in [0.2, 0.25) is 0 Å². The van der Waals surface area contributed by atoms with E-state index in [1.807, 2.05) is 42.8 Å². The number of aryl methyl sites for hydroxylation is 2. The largest absolute Gasteiger partial charge is 0.345 e. The second kappa shape index (κ2) is 7.17. The first-order valence-electron chi connectivity index (χ1n) is 8.04. The number of rotatable bonds is 5. The van der Waals surface area contributed by atoms with Gasteiger partial charge in [-0.1, -0.05) is 29.8 Å². The number of carbonyl (C=O) groups is 1. The molecule has 1 N–H and O–H groups in total. The quantitative estimate of drug-likeness (QED) is 0.773. The van der Waals surface area contributed by atoms with Gasteiger partial charge in [0.15, 0.2) is 0 Å². The molecule has 0 fully saturated rings. The fourth-order valence-corrected chi connectivity index (χ4v) is 2.66. The van der Waals surface area contributed by atoms with Gasteiger partial charge in [0.05, 0.1) is 13.1 Å². The van der Waals surface area contributed by atoms with Crippen LogP contribution in [-0.4, -0.2) is 20.0 Å². The van der Waals surface area contributed by atoms with Gasteiger partial charge in [0.1, 0.15) is 11.4 Å². The third-order valence-electron chi connectivity index (χ3n) is 4.03. The third-order valence-corrected chi connectivity index (χ3v) is 4.03. The fraction of sp³-hybridized carbons (Fsp3) is 0.211. The average molecular weight is 336 g/mol. The molecular weight excluding hydrogens is 316 g/mol. The van der Waals surface area contributed by atoms with E-state index in [9.17, 15) is 9.59 Å². The Bertz CT molecular complexity index is 956. The third kappa shape index (κ3) is 3.85. The number of pyridine rings is 1. The molecule has 2 aromatic heterocycles. The van der Waals surface area contributed by atoms with Gasteiger partial charge in [0, 0.05) is 25.6 Å². The number of nitrogens with zero attached hydrogens (tertiary/aromatic N) is 3. The number of hydrogen-bond donors (Lipinski definition) is 1. The summed E-state index contributed by atoms with van der Waals surface area (Å²) >= 11 is 0. The number of aromatic nitrogens is 3. The van der Waals surface area contributed by atoms with Crippen LogP contribution in [0.25, 0.3) is 0 Å². The molecule has 6 nitrogen and oxygen atoms in total. The van der Waals surface area contributed by atoms with E-state index >= 15 is 0 Å². The van der Waals surface area contributed by atoms with Crippen LogP contribution in [0.15, 0.2) is 59.8 Å². The van der Waals surface area contributed by atoms with Crippen LogP contribution in [-0.2, 0) is 20.1 Å². The molecule has 0 aliphatic heterocycles. The normalized spacial score (nSPS) is 10.6. The van der Waals surface area contributed by atoms with Crippen molar-refractivity contribution in [1.29, 1.82) is 0 Å². The van der Waals surface area contributed by atoms with Crippen LogP contribution >= 0.6 is 0 Å². The maximum Gasteiger partial charge on any atom is 0.263 e. The second-order valence-electron chi connectivity index (χ2n) is 5.98. The summed E-state index contributed by atoms with van der Waals surface area (Å²) in [6, 6.07) is 11.2. The maximum absolute atomic E-state index is 12.6. The van der Waals surface area contributed by atoms with Crippen molar-refractivity contribution >= 4 is 5.91 Å². The van der Waals surface area contributed by atoms with Gasteiger partial charge in [-0.25, -0.2) is 4.98 Å². The molecule has 0 aliphatic rings. The van der Waals surface area contributed by atoms with Gasteiger partial charge in [-0.3, -0.25) is 9.59 Å². The number of hydrogen-bond acceptors (Lipinski definition) is 3. The lowest BCUT2D eigenvalue weighted by Crippen LogP contribution is -2.33. The van der Waals surface area contributed by atoms with E-state index in [-0.39, 0.29) is 17.7 Å². The van der Waals surface area contributed by atoms with E-state index in [0.717, 1.165) is 17.0 Å². The zero-order valence-corrected chi connectivity index (χ0v) is 14.3. The van der Waals surface area contributed by atoms with Crippen molar-refractivity contribution in [2.75, 3.05) is 0 Å². The first-order chi connectivity index (χ1) is 12.0. The first kappa shape index (κ1) is 16.7. The minimum absolute atomic E-state index is 0.129. The molecular formula is C19H20N4O2.